The summed E-state index contributed by atoms with van der Waals surface area (Å²) in [6.45, 7) is 2.53. The lowest BCUT2D eigenvalue weighted by Gasteiger charge is -2.19. The van der Waals surface area contributed by atoms with Crippen molar-refractivity contribution in [1.82, 2.24) is 14.9 Å². The molecule has 1 N–H and O–H groups in total. The van der Waals surface area contributed by atoms with Crippen LogP contribution in [0.25, 0.3) is 27.8 Å². The average Bonchev–Trinajstić information content (AvgIpc) is 2.85. The first-order valence-corrected chi connectivity index (χ1v) is 10.6. The number of methoxy groups -OCH3 is 2. The predicted octanol–water partition coefficient (Wildman–Crippen LogP) is 4.16. The SMILES string of the molecule is CCN(Cc1nc2cc(OC)c(OC)cc2c(=O)[nH]1)C(=O)/C=C/c1cccc2ccccc12. The second-order valence-electron chi connectivity index (χ2n) is 7.49. The van der Waals surface area contributed by atoms with E-state index < -0.39 is 0 Å². The van der Waals surface area contributed by atoms with Gasteiger partial charge in [0.1, 0.15) is 5.82 Å². The van der Waals surface area contributed by atoms with Gasteiger partial charge in [-0.3, -0.25) is 9.59 Å². The second kappa shape index (κ2) is 9.56. The van der Waals surface area contributed by atoms with E-state index in [1.165, 1.54) is 14.2 Å². The highest BCUT2D eigenvalue weighted by molar-refractivity contribution is 5.96. The van der Waals surface area contributed by atoms with Crippen LogP contribution in [0.1, 0.15) is 18.3 Å². The van der Waals surface area contributed by atoms with Crippen molar-refractivity contribution >= 4 is 33.7 Å². The van der Waals surface area contributed by atoms with Crippen molar-refractivity contribution in [2.75, 3.05) is 20.8 Å². The molecule has 7 heteroatoms. The molecule has 4 aromatic rings. The molecule has 4 rings (SSSR count). The monoisotopic (exact) mass is 443 g/mol. The van der Waals surface area contributed by atoms with Crippen molar-refractivity contribution in [3.63, 3.8) is 0 Å². The number of amides is 1. The number of hydrogen-bond acceptors (Lipinski definition) is 5. The van der Waals surface area contributed by atoms with Crippen LogP contribution in [0.4, 0.5) is 0 Å². The maximum Gasteiger partial charge on any atom is 0.258 e. The van der Waals surface area contributed by atoms with E-state index in [9.17, 15) is 9.59 Å². The molecular weight excluding hydrogens is 418 g/mol. The van der Waals surface area contributed by atoms with Crippen molar-refractivity contribution in [2.45, 2.75) is 13.5 Å². The molecule has 0 bridgehead atoms. The molecule has 7 nitrogen and oxygen atoms in total. The van der Waals surface area contributed by atoms with E-state index in [4.69, 9.17) is 9.47 Å². The Balaban J connectivity index is 1.59. The molecule has 0 aliphatic carbocycles. The van der Waals surface area contributed by atoms with Gasteiger partial charge < -0.3 is 19.4 Å². The van der Waals surface area contributed by atoms with E-state index in [2.05, 4.69) is 9.97 Å². The highest BCUT2D eigenvalue weighted by Crippen LogP contribution is 2.30. The number of H-pyrrole nitrogens is 1. The van der Waals surface area contributed by atoms with E-state index in [-0.39, 0.29) is 18.0 Å². The van der Waals surface area contributed by atoms with Gasteiger partial charge in [0, 0.05) is 18.7 Å². The van der Waals surface area contributed by atoms with Crippen molar-refractivity contribution < 1.29 is 14.3 Å². The van der Waals surface area contributed by atoms with Crippen LogP contribution < -0.4 is 15.0 Å². The number of carbonyl (C=O) groups is 1. The Morgan fingerprint density at radius 2 is 1.76 bits per heavy atom. The largest absolute Gasteiger partial charge is 0.493 e. The van der Waals surface area contributed by atoms with E-state index in [0.717, 1.165) is 16.3 Å². The van der Waals surface area contributed by atoms with E-state index in [1.54, 1.807) is 23.1 Å². The van der Waals surface area contributed by atoms with Crippen LogP contribution in [-0.4, -0.2) is 41.5 Å². The summed E-state index contributed by atoms with van der Waals surface area (Å²) in [5.41, 5.74) is 1.14. The number of aromatic nitrogens is 2. The summed E-state index contributed by atoms with van der Waals surface area (Å²) >= 11 is 0. The molecule has 0 fully saturated rings. The number of hydrogen-bond donors (Lipinski definition) is 1. The third kappa shape index (κ3) is 4.57. The lowest BCUT2D eigenvalue weighted by atomic mass is 10.0. The molecule has 1 amide bonds. The number of likely N-dealkylation sites (N-methyl/N-ethyl adjacent to an activating group) is 1. The topological polar surface area (TPSA) is 84.5 Å². The van der Waals surface area contributed by atoms with Gasteiger partial charge in [0.25, 0.3) is 5.56 Å². The molecule has 0 radical (unpaired) electrons. The van der Waals surface area contributed by atoms with Gasteiger partial charge in [0.2, 0.25) is 5.91 Å². The molecule has 0 unspecified atom stereocenters. The Labute approximate surface area is 191 Å². The van der Waals surface area contributed by atoms with E-state index >= 15 is 0 Å². The molecule has 33 heavy (non-hydrogen) atoms. The number of ether oxygens (including phenoxy) is 2. The Bertz CT molecular complexity index is 1400. The zero-order valence-electron chi connectivity index (χ0n) is 18.8. The Morgan fingerprint density at radius 3 is 2.52 bits per heavy atom. The first-order valence-electron chi connectivity index (χ1n) is 10.6. The van der Waals surface area contributed by atoms with Crippen LogP contribution in [0, 0.1) is 0 Å². The van der Waals surface area contributed by atoms with Gasteiger partial charge in [-0.15, -0.1) is 0 Å². The van der Waals surface area contributed by atoms with Gasteiger partial charge >= 0.3 is 0 Å². The normalized spacial score (nSPS) is 11.2. The van der Waals surface area contributed by atoms with Gasteiger partial charge in [0.05, 0.1) is 31.7 Å². The third-order valence-electron chi connectivity index (χ3n) is 5.52. The second-order valence-corrected chi connectivity index (χ2v) is 7.49. The number of nitrogens with zero attached hydrogens (tertiary/aromatic N) is 2. The number of carbonyl (C=O) groups excluding carboxylic acids is 1. The fraction of sp³-hybridized carbons (Fsp3) is 0.192. The number of rotatable bonds is 7. The van der Waals surface area contributed by atoms with Gasteiger partial charge in [-0.2, -0.15) is 0 Å². The van der Waals surface area contributed by atoms with Crippen molar-refractivity contribution in [2.24, 2.45) is 0 Å². The molecular formula is C26H25N3O4. The minimum absolute atomic E-state index is 0.166. The van der Waals surface area contributed by atoms with Crippen LogP contribution in [0.5, 0.6) is 11.5 Å². The quantitative estimate of drug-likeness (QED) is 0.434. The number of benzene rings is 3. The van der Waals surface area contributed by atoms with Gasteiger partial charge in [0.15, 0.2) is 11.5 Å². The highest BCUT2D eigenvalue weighted by atomic mass is 16.5. The molecule has 168 valence electrons. The zero-order chi connectivity index (χ0) is 23.4. The number of fused-ring (bicyclic) bond motifs is 2. The first-order chi connectivity index (χ1) is 16.0. The van der Waals surface area contributed by atoms with Crippen LogP contribution in [0.15, 0.2) is 65.5 Å². The Kier molecular flexibility index (Phi) is 6.40. The molecule has 0 aliphatic heterocycles. The number of nitrogens with one attached hydrogen (secondary N) is 1. The molecule has 1 heterocycles. The van der Waals surface area contributed by atoms with Gasteiger partial charge in [-0.05, 0) is 35.4 Å². The predicted molar refractivity (Wildman–Crippen MR) is 130 cm³/mol. The minimum Gasteiger partial charge on any atom is -0.493 e. The summed E-state index contributed by atoms with van der Waals surface area (Å²) in [5, 5.41) is 2.59. The number of aromatic amines is 1. The Morgan fingerprint density at radius 1 is 1.03 bits per heavy atom. The van der Waals surface area contributed by atoms with Crippen LogP contribution >= 0.6 is 0 Å². The summed E-state index contributed by atoms with van der Waals surface area (Å²) < 4.78 is 10.6. The van der Waals surface area contributed by atoms with Crippen molar-refractivity contribution in [3.05, 3.63) is 82.4 Å². The average molecular weight is 444 g/mol. The molecule has 1 aromatic heterocycles. The summed E-state index contributed by atoms with van der Waals surface area (Å²) in [7, 11) is 3.04. The summed E-state index contributed by atoms with van der Waals surface area (Å²) in [4.78, 5) is 34.5. The first kappa shape index (κ1) is 22.1. The van der Waals surface area contributed by atoms with E-state index in [0.29, 0.717) is 34.8 Å². The lowest BCUT2D eigenvalue weighted by Crippen LogP contribution is -2.30. The summed E-state index contributed by atoms with van der Waals surface area (Å²) in [6.07, 6.45) is 3.37. The Hall–Kier alpha value is -4.13. The minimum atomic E-state index is -0.300. The van der Waals surface area contributed by atoms with Crippen molar-refractivity contribution in [1.29, 1.82) is 0 Å². The standard InChI is InChI=1S/C26H25N3O4/c1-4-29(25(30)13-12-18-10-7-9-17-8-5-6-11-19(17)18)16-24-27-21-15-23(33-3)22(32-2)14-20(21)26(31)28-24/h5-15H,4,16H2,1-3H3,(H,27,28,31)/b13-12+. The van der Waals surface area contributed by atoms with E-state index in [1.807, 2.05) is 55.5 Å². The molecule has 0 saturated carbocycles. The molecule has 0 aliphatic rings. The van der Waals surface area contributed by atoms with Crippen molar-refractivity contribution in [3.8, 4) is 11.5 Å². The molecule has 0 saturated heterocycles. The smallest absolute Gasteiger partial charge is 0.258 e. The van der Waals surface area contributed by atoms with Crippen LogP contribution in [-0.2, 0) is 11.3 Å². The summed E-state index contributed by atoms with van der Waals surface area (Å²) in [5.74, 6) is 1.17. The van der Waals surface area contributed by atoms with Crippen LogP contribution in [0.2, 0.25) is 0 Å². The fourth-order valence-electron chi connectivity index (χ4n) is 3.78. The van der Waals surface area contributed by atoms with Crippen LogP contribution in [0.3, 0.4) is 0 Å². The van der Waals surface area contributed by atoms with Gasteiger partial charge in [-0.25, -0.2) is 4.98 Å². The maximum absolute atomic E-state index is 12.9. The summed E-state index contributed by atoms with van der Waals surface area (Å²) in [6, 6.07) is 17.3. The third-order valence-corrected chi connectivity index (χ3v) is 5.52. The molecule has 0 spiro atoms. The fourth-order valence-corrected chi connectivity index (χ4v) is 3.78. The maximum atomic E-state index is 12.9. The highest BCUT2D eigenvalue weighted by Gasteiger charge is 2.14. The molecule has 0 atom stereocenters. The lowest BCUT2D eigenvalue weighted by molar-refractivity contribution is -0.126. The zero-order valence-corrected chi connectivity index (χ0v) is 18.8. The molecule has 3 aromatic carbocycles. The van der Waals surface area contributed by atoms with Gasteiger partial charge in [-0.1, -0.05) is 42.5 Å².